The zero-order chi connectivity index (χ0) is 14.5. The first-order chi connectivity index (χ1) is 9.62. The van der Waals surface area contributed by atoms with Gasteiger partial charge in [-0.05, 0) is 58.2 Å². The normalized spacial score (nSPS) is 10.8. The van der Waals surface area contributed by atoms with Crippen LogP contribution >= 0.6 is 27.3 Å². The topological polar surface area (TPSA) is 29.5 Å². The van der Waals surface area contributed by atoms with E-state index in [9.17, 15) is 4.79 Å². The van der Waals surface area contributed by atoms with Crippen LogP contribution in [0.3, 0.4) is 0 Å². The standard InChI is InChI=1S/C15H16BrNO2S/c1-17(7-12-6-15(16)20-10-12)8-13-5-11(9-18)3-4-14(13)19-2/h3-6,9-10H,7-8H2,1-2H3. The van der Waals surface area contributed by atoms with Crippen LogP contribution in [-0.2, 0) is 13.1 Å². The van der Waals surface area contributed by atoms with Gasteiger partial charge in [-0.25, -0.2) is 0 Å². The van der Waals surface area contributed by atoms with Gasteiger partial charge in [-0.15, -0.1) is 11.3 Å². The van der Waals surface area contributed by atoms with Crippen molar-refractivity contribution in [1.82, 2.24) is 4.90 Å². The average molecular weight is 354 g/mol. The molecule has 20 heavy (non-hydrogen) atoms. The second kappa shape index (κ2) is 7.02. The van der Waals surface area contributed by atoms with E-state index in [0.29, 0.717) is 5.56 Å². The van der Waals surface area contributed by atoms with Crippen molar-refractivity contribution < 1.29 is 9.53 Å². The molecule has 3 nitrogen and oxygen atoms in total. The number of thiophene rings is 1. The number of ether oxygens (including phenoxy) is 1. The molecule has 1 aromatic heterocycles. The molecule has 0 saturated carbocycles. The fourth-order valence-corrected chi connectivity index (χ4v) is 3.28. The summed E-state index contributed by atoms with van der Waals surface area (Å²) in [6.45, 7) is 1.59. The highest BCUT2D eigenvalue weighted by molar-refractivity contribution is 9.11. The van der Waals surface area contributed by atoms with Crippen LogP contribution in [0.25, 0.3) is 0 Å². The Hall–Kier alpha value is -1.17. The largest absolute Gasteiger partial charge is 0.496 e. The third-order valence-electron chi connectivity index (χ3n) is 2.96. The molecule has 0 fully saturated rings. The summed E-state index contributed by atoms with van der Waals surface area (Å²) in [5, 5.41) is 2.14. The molecular weight excluding hydrogens is 338 g/mol. The number of aldehydes is 1. The summed E-state index contributed by atoms with van der Waals surface area (Å²) in [6.07, 6.45) is 0.860. The first-order valence-corrected chi connectivity index (χ1v) is 7.83. The quantitative estimate of drug-likeness (QED) is 0.736. The van der Waals surface area contributed by atoms with Crippen molar-refractivity contribution >= 4 is 33.6 Å². The second-order valence-corrected chi connectivity index (χ2v) is 6.91. The van der Waals surface area contributed by atoms with Gasteiger partial charge in [0.05, 0.1) is 10.9 Å². The van der Waals surface area contributed by atoms with Gasteiger partial charge in [0.25, 0.3) is 0 Å². The Morgan fingerprint density at radius 2 is 2.15 bits per heavy atom. The van der Waals surface area contributed by atoms with E-state index in [4.69, 9.17) is 4.74 Å². The molecule has 2 aromatic rings. The first-order valence-electron chi connectivity index (χ1n) is 6.16. The molecule has 0 saturated heterocycles. The number of halogens is 1. The lowest BCUT2D eigenvalue weighted by Crippen LogP contribution is -2.17. The van der Waals surface area contributed by atoms with Crippen LogP contribution in [0.4, 0.5) is 0 Å². The number of nitrogens with zero attached hydrogens (tertiary/aromatic N) is 1. The summed E-state index contributed by atoms with van der Waals surface area (Å²) >= 11 is 5.16. The fourth-order valence-electron chi connectivity index (χ4n) is 2.08. The molecule has 0 amide bonds. The zero-order valence-electron chi connectivity index (χ0n) is 11.4. The third-order valence-corrected chi connectivity index (χ3v) is 4.51. The van der Waals surface area contributed by atoms with Crippen molar-refractivity contribution in [3.05, 3.63) is 50.1 Å². The van der Waals surface area contributed by atoms with E-state index in [0.717, 1.165) is 34.5 Å². The summed E-state index contributed by atoms with van der Waals surface area (Å²) in [6, 6.07) is 7.62. The Balaban J connectivity index is 2.09. The SMILES string of the molecule is COc1ccc(C=O)cc1CN(C)Cc1csc(Br)c1. The lowest BCUT2D eigenvalue weighted by Gasteiger charge is -2.18. The number of rotatable bonds is 6. The Morgan fingerprint density at radius 1 is 1.35 bits per heavy atom. The van der Waals surface area contributed by atoms with Crippen molar-refractivity contribution in [3.63, 3.8) is 0 Å². The van der Waals surface area contributed by atoms with Gasteiger partial charge in [0, 0.05) is 24.2 Å². The molecule has 0 aliphatic rings. The molecule has 0 bridgehead atoms. The van der Waals surface area contributed by atoms with Gasteiger partial charge in [-0.1, -0.05) is 0 Å². The van der Waals surface area contributed by atoms with E-state index in [2.05, 4.69) is 39.3 Å². The molecule has 1 heterocycles. The number of hydrogen-bond acceptors (Lipinski definition) is 4. The Labute approximate surface area is 131 Å². The number of hydrogen-bond donors (Lipinski definition) is 0. The van der Waals surface area contributed by atoms with E-state index in [1.165, 1.54) is 5.56 Å². The van der Waals surface area contributed by atoms with Crippen molar-refractivity contribution in [1.29, 1.82) is 0 Å². The Bertz CT molecular complexity index is 597. The lowest BCUT2D eigenvalue weighted by molar-refractivity contribution is 0.112. The Kier molecular flexibility index (Phi) is 5.34. The minimum Gasteiger partial charge on any atom is -0.496 e. The fraction of sp³-hybridized carbons (Fsp3) is 0.267. The van der Waals surface area contributed by atoms with Crippen LogP contribution in [0.2, 0.25) is 0 Å². The van der Waals surface area contributed by atoms with Crippen LogP contribution in [0.15, 0.2) is 33.4 Å². The smallest absolute Gasteiger partial charge is 0.150 e. The van der Waals surface area contributed by atoms with Crippen LogP contribution < -0.4 is 4.74 Å². The highest BCUT2D eigenvalue weighted by Gasteiger charge is 2.09. The van der Waals surface area contributed by atoms with Gasteiger partial charge in [0.15, 0.2) is 0 Å². The van der Waals surface area contributed by atoms with Crippen molar-refractivity contribution in [2.75, 3.05) is 14.2 Å². The Morgan fingerprint density at radius 3 is 2.75 bits per heavy atom. The summed E-state index contributed by atoms with van der Waals surface area (Å²) in [5.41, 5.74) is 2.97. The monoisotopic (exact) mass is 353 g/mol. The molecule has 5 heteroatoms. The summed E-state index contributed by atoms with van der Waals surface area (Å²) in [7, 11) is 3.70. The zero-order valence-corrected chi connectivity index (χ0v) is 13.8. The van der Waals surface area contributed by atoms with Gasteiger partial charge in [0.2, 0.25) is 0 Å². The highest BCUT2D eigenvalue weighted by Crippen LogP contribution is 2.24. The number of carbonyl (C=O) groups excluding carboxylic acids is 1. The van der Waals surface area contributed by atoms with Crippen LogP contribution in [0.5, 0.6) is 5.75 Å². The minimum absolute atomic E-state index is 0.674. The molecule has 0 N–H and O–H groups in total. The molecule has 0 unspecified atom stereocenters. The van der Waals surface area contributed by atoms with Crippen molar-refractivity contribution in [2.45, 2.75) is 13.1 Å². The molecule has 2 rings (SSSR count). The molecular formula is C15H16BrNO2S. The average Bonchev–Trinajstić information content (AvgIpc) is 2.83. The molecule has 106 valence electrons. The van der Waals surface area contributed by atoms with E-state index < -0.39 is 0 Å². The van der Waals surface area contributed by atoms with Gasteiger partial charge in [0.1, 0.15) is 12.0 Å². The van der Waals surface area contributed by atoms with Crippen LogP contribution in [-0.4, -0.2) is 25.3 Å². The summed E-state index contributed by atoms with van der Waals surface area (Å²) in [5.74, 6) is 0.814. The third kappa shape index (κ3) is 3.91. The van der Waals surface area contributed by atoms with E-state index in [1.807, 2.05) is 12.1 Å². The maximum atomic E-state index is 10.9. The lowest BCUT2D eigenvalue weighted by atomic mass is 10.1. The molecule has 0 aliphatic heterocycles. The second-order valence-electron chi connectivity index (χ2n) is 4.62. The van der Waals surface area contributed by atoms with Gasteiger partial charge >= 0.3 is 0 Å². The maximum absolute atomic E-state index is 10.9. The number of carbonyl (C=O) groups is 1. The highest BCUT2D eigenvalue weighted by atomic mass is 79.9. The number of methoxy groups -OCH3 is 1. The van der Waals surface area contributed by atoms with E-state index in [1.54, 1.807) is 24.5 Å². The van der Waals surface area contributed by atoms with E-state index in [-0.39, 0.29) is 0 Å². The maximum Gasteiger partial charge on any atom is 0.150 e. The van der Waals surface area contributed by atoms with Gasteiger partial charge in [-0.3, -0.25) is 9.69 Å². The number of benzene rings is 1. The van der Waals surface area contributed by atoms with Crippen LogP contribution in [0, 0.1) is 0 Å². The predicted molar refractivity (Wildman–Crippen MR) is 85.6 cm³/mol. The van der Waals surface area contributed by atoms with E-state index >= 15 is 0 Å². The first kappa shape index (κ1) is 15.2. The molecule has 0 radical (unpaired) electrons. The predicted octanol–water partition coefficient (Wildman–Crippen LogP) is 3.96. The molecule has 1 aromatic carbocycles. The summed E-state index contributed by atoms with van der Waals surface area (Å²) < 4.78 is 6.49. The van der Waals surface area contributed by atoms with Crippen LogP contribution in [0.1, 0.15) is 21.5 Å². The van der Waals surface area contributed by atoms with Crippen molar-refractivity contribution in [2.24, 2.45) is 0 Å². The summed E-state index contributed by atoms with van der Waals surface area (Å²) in [4.78, 5) is 13.1. The van der Waals surface area contributed by atoms with Gasteiger partial charge in [-0.2, -0.15) is 0 Å². The minimum atomic E-state index is 0.674. The molecule has 0 aliphatic carbocycles. The van der Waals surface area contributed by atoms with Gasteiger partial charge < -0.3 is 4.74 Å². The van der Waals surface area contributed by atoms with Crippen molar-refractivity contribution in [3.8, 4) is 5.75 Å². The molecule has 0 spiro atoms. The molecule has 0 atom stereocenters.